The van der Waals surface area contributed by atoms with Gasteiger partial charge in [-0.15, -0.1) is 0 Å². The maximum absolute atomic E-state index is 11.5. The molecule has 1 aliphatic heterocycles. The van der Waals surface area contributed by atoms with Crippen LogP contribution in [0.2, 0.25) is 0 Å². The number of aliphatic hydroxyl groups excluding tert-OH is 1. The van der Waals surface area contributed by atoms with Gasteiger partial charge in [0, 0.05) is 19.9 Å². The van der Waals surface area contributed by atoms with Gasteiger partial charge in [0.2, 0.25) is 6.41 Å². The Hall–Kier alpha value is -1.60. The number of ether oxygens (including phenoxy) is 2. The molecule has 0 spiro atoms. The number of carbonyl (C=O) groups is 2. The Balaban J connectivity index is 2.59. The van der Waals surface area contributed by atoms with Gasteiger partial charge in [0.25, 0.3) is 5.91 Å². The van der Waals surface area contributed by atoms with Gasteiger partial charge in [-0.2, -0.15) is 0 Å². The second-order valence-corrected chi connectivity index (χ2v) is 4.26. The van der Waals surface area contributed by atoms with Crippen LogP contribution in [0.15, 0.2) is 12.0 Å². The third kappa shape index (κ3) is 4.53. The molecule has 0 aromatic heterocycles. The topological polar surface area (TPSA) is 88.1 Å². The van der Waals surface area contributed by atoms with Gasteiger partial charge in [0.05, 0.1) is 13.2 Å². The number of aliphatic hydroxyl groups is 1. The number of nitrogens with zero attached hydrogens (tertiary/aromatic N) is 1. The first kappa shape index (κ1) is 15.5. The van der Waals surface area contributed by atoms with Crippen molar-refractivity contribution in [2.75, 3.05) is 20.8 Å². The van der Waals surface area contributed by atoms with E-state index in [-0.39, 0.29) is 24.7 Å². The van der Waals surface area contributed by atoms with E-state index < -0.39 is 5.91 Å². The molecule has 2 unspecified atom stereocenters. The first-order valence-electron chi connectivity index (χ1n) is 6.11. The van der Waals surface area contributed by atoms with Crippen LogP contribution in [-0.2, 0) is 19.1 Å². The van der Waals surface area contributed by atoms with Gasteiger partial charge in [0.15, 0.2) is 5.76 Å². The maximum atomic E-state index is 11.5. The molecule has 1 aliphatic rings. The molecule has 0 aromatic rings. The molecule has 0 saturated carbocycles. The summed E-state index contributed by atoms with van der Waals surface area (Å²) in [5.41, 5.74) is 0. The van der Waals surface area contributed by atoms with Gasteiger partial charge in [0.1, 0.15) is 6.23 Å². The second-order valence-electron chi connectivity index (χ2n) is 4.26. The number of carbonyl (C=O) groups excluding carboxylic acids is 2. The molecule has 2 atom stereocenters. The fraction of sp³-hybridized carbons (Fsp3) is 0.667. The molecule has 0 radical (unpaired) electrons. The Labute approximate surface area is 112 Å². The molecule has 7 heteroatoms. The fourth-order valence-electron chi connectivity index (χ4n) is 1.94. The van der Waals surface area contributed by atoms with Gasteiger partial charge in [-0.25, -0.2) is 0 Å². The standard InChI is InChI=1S/C12H20N2O5/c1-14(7-10(18-2)12(17)13-8-16)11-4-3-9(19-11)5-6-15/h7-9,11,15H,3-6H2,1-2H3,(H,13,16,17)/b10-7+. The lowest BCUT2D eigenvalue weighted by atomic mass is 10.2. The van der Waals surface area contributed by atoms with E-state index in [4.69, 9.17) is 14.6 Å². The molecular weight excluding hydrogens is 252 g/mol. The molecule has 0 aromatic carbocycles. The van der Waals surface area contributed by atoms with Gasteiger partial charge >= 0.3 is 0 Å². The molecule has 2 N–H and O–H groups in total. The fourth-order valence-corrected chi connectivity index (χ4v) is 1.94. The van der Waals surface area contributed by atoms with Crippen LogP contribution in [0.25, 0.3) is 0 Å². The summed E-state index contributed by atoms with van der Waals surface area (Å²) in [6.45, 7) is 0.0992. The minimum Gasteiger partial charge on any atom is -0.490 e. The van der Waals surface area contributed by atoms with E-state index in [1.807, 2.05) is 5.32 Å². The number of nitrogens with one attached hydrogen (secondary N) is 1. The van der Waals surface area contributed by atoms with Crippen molar-refractivity contribution in [2.45, 2.75) is 31.6 Å². The monoisotopic (exact) mass is 272 g/mol. The highest BCUT2D eigenvalue weighted by Crippen LogP contribution is 2.24. The highest BCUT2D eigenvalue weighted by Gasteiger charge is 2.27. The molecule has 1 fully saturated rings. The minimum atomic E-state index is -0.603. The molecule has 0 aliphatic carbocycles. The highest BCUT2D eigenvalue weighted by atomic mass is 16.5. The molecule has 0 bridgehead atoms. The summed E-state index contributed by atoms with van der Waals surface area (Å²) in [6.07, 6.45) is 3.96. The summed E-state index contributed by atoms with van der Waals surface area (Å²) in [7, 11) is 3.12. The number of methoxy groups -OCH3 is 1. The van der Waals surface area contributed by atoms with Crippen molar-refractivity contribution in [2.24, 2.45) is 0 Å². The second kappa shape index (κ2) is 7.75. The van der Waals surface area contributed by atoms with Crippen LogP contribution in [0.3, 0.4) is 0 Å². The average Bonchev–Trinajstić information content (AvgIpc) is 2.85. The number of hydrogen-bond donors (Lipinski definition) is 2. The van der Waals surface area contributed by atoms with Gasteiger partial charge in [-0.3, -0.25) is 14.9 Å². The first-order chi connectivity index (χ1) is 9.12. The number of imide groups is 1. The lowest BCUT2D eigenvalue weighted by Crippen LogP contribution is -2.31. The van der Waals surface area contributed by atoms with E-state index in [0.717, 1.165) is 12.8 Å². The lowest BCUT2D eigenvalue weighted by Gasteiger charge is -2.23. The number of rotatable bonds is 7. The zero-order valence-electron chi connectivity index (χ0n) is 11.2. The van der Waals surface area contributed by atoms with E-state index >= 15 is 0 Å². The molecule has 1 rings (SSSR count). The van der Waals surface area contributed by atoms with Crippen LogP contribution in [0.4, 0.5) is 0 Å². The summed E-state index contributed by atoms with van der Waals surface area (Å²) in [5.74, 6) is -0.571. The Kier molecular flexibility index (Phi) is 6.31. The van der Waals surface area contributed by atoms with Crippen LogP contribution >= 0.6 is 0 Å². The van der Waals surface area contributed by atoms with Gasteiger partial charge in [-0.05, 0) is 19.3 Å². The maximum Gasteiger partial charge on any atom is 0.294 e. The Morgan fingerprint density at radius 2 is 2.32 bits per heavy atom. The van der Waals surface area contributed by atoms with Crippen molar-refractivity contribution >= 4 is 12.3 Å². The van der Waals surface area contributed by atoms with E-state index in [1.165, 1.54) is 13.3 Å². The first-order valence-corrected chi connectivity index (χ1v) is 6.11. The predicted molar refractivity (Wildman–Crippen MR) is 66.7 cm³/mol. The minimum absolute atomic E-state index is 0.0313. The van der Waals surface area contributed by atoms with Crippen molar-refractivity contribution in [3.05, 3.63) is 12.0 Å². The summed E-state index contributed by atoms with van der Waals surface area (Å²) >= 11 is 0. The normalized spacial score (nSPS) is 23.0. The summed E-state index contributed by atoms with van der Waals surface area (Å²) in [6, 6.07) is 0. The van der Waals surface area contributed by atoms with Gasteiger partial charge in [-0.1, -0.05) is 0 Å². The van der Waals surface area contributed by atoms with E-state index in [9.17, 15) is 9.59 Å². The van der Waals surface area contributed by atoms with Gasteiger partial charge < -0.3 is 19.5 Å². The van der Waals surface area contributed by atoms with Crippen LogP contribution in [0.1, 0.15) is 19.3 Å². The average molecular weight is 272 g/mol. The largest absolute Gasteiger partial charge is 0.490 e. The molecule has 108 valence electrons. The Morgan fingerprint density at radius 1 is 1.58 bits per heavy atom. The van der Waals surface area contributed by atoms with Crippen molar-refractivity contribution < 1.29 is 24.2 Å². The highest BCUT2D eigenvalue weighted by molar-refractivity contribution is 5.97. The zero-order chi connectivity index (χ0) is 14.3. The predicted octanol–water partition coefficient (Wildman–Crippen LogP) is -0.434. The third-order valence-corrected chi connectivity index (χ3v) is 2.95. The molecule has 1 heterocycles. The summed E-state index contributed by atoms with van der Waals surface area (Å²) in [5, 5.41) is 10.9. The Bertz CT molecular complexity index is 345. The molecular formula is C12H20N2O5. The molecule has 1 saturated heterocycles. The summed E-state index contributed by atoms with van der Waals surface area (Å²) in [4.78, 5) is 23.4. The van der Waals surface area contributed by atoms with E-state index in [2.05, 4.69) is 0 Å². The Morgan fingerprint density at radius 3 is 2.89 bits per heavy atom. The van der Waals surface area contributed by atoms with Crippen molar-refractivity contribution in [3.63, 3.8) is 0 Å². The third-order valence-electron chi connectivity index (χ3n) is 2.95. The van der Waals surface area contributed by atoms with Crippen molar-refractivity contribution in [1.29, 1.82) is 0 Å². The smallest absolute Gasteiger partial charge is 0.294 e. The van der Waals surface area contributed by atoms with Crippen LogP contribution in [-0.4, -0.2) is 55.4 Å². The van der Waals surface area contributed by atoms with Crippen molar-refractivity contribution in [3.8, 4) is 0 Å². The molecule has 2 amide bonds. The van der Waals surface area contributed by atoms with E-state index in [1.54, 1.807) is 11.9 Å². The SMILES string of the molecule is CO/C(=C/N(C)C1CCC(CCO)O1)C(=O)NC=O. The zero-order valence-corrected chi connectivity index (χ0v) is 11.2. The summed E-state index contributed by atoms with van der Waals surface area (Å²) < 4.78 is 10.6. The van der Waals surface area contributed by atoms with Crippen molar-refractivity contribution in [1.82, 2.24) is 10.2 Å². The molecule has 7 nitrogen and oxygen atoms in total. The van der Waals surface area contributed by atoms with Crippen LogP contribution in [0, 0.1) is 0 Å². The lowest BCUT2D eigenvalue weighted by molar-refractivity contribution is -0.124. The van der Waals surface area contributed by atoms with Crippen LogP contribution < -0.4 is 5.32 Å². The van der Waals surface area contributed by atoms with E-state index in [0.29, 0.717) is 12.8 Å². The van der Waals surface area contributed by atoms with Crippen LogP contribution in [0.5, 0.6) is 0 Å². The molecule has 19 heavy (non-hydrogen) atoms. The number of amides is 2. The number of hydrogen-bond acceptors (Lipinski definition) is 6. The quantitative estimate of drug-likeness (QED) is 0.371.